The Kier molecular flexibility index (Phi) is 3.33. The number of hydrogen-bond donors (Lipinski definition) is 1. The van der Waals surface area contributed by atoms with Gasteiger partial charge in [0.15, 0.2) is 0 Å². The summed E-state index contributed by atoms with van der Waals surface area (Å²) in [7, 11) is 0. The van der Waals surface area contributed by atoms with Crippen molar-refractivity contribution in [2.24, 2.45) is 0 Å². The van der Waals surface area contributed by atoms with Gasteiger partial charge in [0, 0.05) is 11.7 Å². The number of ether oxygens (including phenoxy) is 1. The van der Waals surface area contributed by atoms with Crippen molar-refractivity contribution < 1.29 is 9.53 Å². The predicted molar refractivity (Wildman–Crippen MR) is 73.0 cm³/mol. The molecule has 0 aromatic heterocycles. The quantitative estimate of drug-likeness (QED) is 0.773. The maximum Gasteiger partial charge on any atom is 0.338 e. The van der Waals surface area contributed by atoms with E-state index in [4.69, 9.17) is 4.74 Å². The van der Waals surface area contributed by atoms with E-state index in [1.165, 1.54) is 5.56 Å². The van der Waals surface area contributed by atoms with Crippen LogP contribution >= 0.6 is 0 Å². The van der Waals surface area contributed by atoms with Gasteiger partial charge in [0.1, 0.15) is 5.60 Å². The van der Waals surface area contributed by atoms with E-state index < -0.39 is 5.60 Å². The molecule has 0 radical (unpaired) electrons. The van der Waals surface area contributed by atoms with Gasteiger partial charge in [0.2, 0.25) is 0 Å². The molecule has 3 heteroatoms. The Morgan fingerprint density at radius 3 is 2.78 bits per heavy atom. The van der Waals surface area contributed by atoms with Crippen LogP contribution in [0.5, 0.6) is 0 Å². The fourth-order valence-corrected chi connectivity index (χ4v) is 2.10. The van der Waals surface area contributed by atoms with Gasteiger partial charge in [-0.05, 0) is 58.2 Å². The molecule has 0 bridgehead atoms. The number of hydrogen-bond acceptors (Lipinski definition) is 3. The van der Waals surface area contributed by atoms with E-state index in [0.717, 1.165) is 18.5 Å². The summed E-state index contributed by atoms with van der Waals surface area (Å²) in [6.45, 7) is 7.79. The van der Waals surface area contributed by atoms with Gasteiger partial charge >= 0.3 is 5.97 Å². The van der Waals surface area contributed by atoms with Crippen molar-refractivity contribution >= 4 is 11.7 Å². The number of anilines is 1. The lowest BCUT2D eigenvalue weighted by Gasteiger charge is -2.25. The zero-order chi connectivity index (χ0) is 13.3. The first-order valence-corrected chi connectivity index (χ1v) is 6.48. The van der Waals surface area contributed by atoms with Crippen LogP contribution in [0.15, 0.2) is 18.2 Å². The monoisotopic (exact) mass is 247 g/mol. The number of nitrogens with one attached hydrogen (secondary N) is 1. The molecule has 3 nitrogen and oxygen atoms in total. The third-order valence-corrected chi connectivity index (χ3v) is 2.99. The highest BCUT2D eigenvalue weighted by molar-refractivity contribution is 5.91. The Morgan fingerprint density at radius 2 is 2.11 bits per heavy atom. The second-order valence-electron chi connectivity index (χ2n) is 5.96. The van der Waals surface area contributed by atoms with E-state index in [1.54, 1.807) is 0 Å². The van der Waals surface area contributed by atoms with Crippen LogP contribution in [-0.2, 0) is 11.2 Å². The number of rotatable bonds is 1. The summed E-state index contributed by atoms with van der Waals surface area (Å²) in [6.07, 6.45) is 2.21. The third-order valence-electron chi connectivity index (χ3n) is 2.99. The largest absolute Gasteiger partial charge is 0.456 e. The number of fused-ring (bicyclic) bond motifs is 1. The molecule has 1 N–H and O–H groups in total. The van der Waals surface area contributed by atoms with Crippen LogP contribution in [0.3, 0.4) is 0 Å². The van der Waals surface area contributed by atoms with Crippen molar-refractivity contribution in [3.63, 3.8) is 0 Å². The first kappa shape index (κ1) is 12.9. The molecular weight excluding hydrogens is 226 g/mol. The summed E-state index contributed by atoms with van der Waals surface area (Å²) in [4.78, 5) is 12.0. The summed E-state index contributed by atoms with van der Waals surface area (Å²) in [5.41, 5.74) is 2.51. The number of aryl methyl sites for hydroxylation is 1. The van der Waals surface area contributed by atoms with E-state index in [9.17, 15) is 4.79 Å². The number of carbonyl (C=O) groups excluding carboxylic acids is 1. The maximum absolute atomic E-state index is 12.0. The smallest absolute Gasteiger partial charge is 0.338 e. The van der Waals surface area contributed by atoms with Crippen molar-refractivity contribution in [1.29, 1.82) is 0 Å². The molecular formula is C15H21NO2. The van der Waals surface area contributed by atoms with E-state index in [0.29, 0.717) is 11.6 Å². The van der Waals surface area contributed by atoms with Gasteiger partial charge in [0.05, 0.1) is 5.56 Å². The molecule has 1 heterocycles. The first-order valence-electron chi connectivity index (χ1n) is 6.48. The van der Waals surface area contributed by atoms with Crippen LogP contribution < -0.4 is 5.32 Å². The summed E-state index contributed by atoms with van der Waals surface area (Å²) in [5, 5.41) is 3.41. The first-order chi connectivity index (χ1) is 8.35. The third kappa shape index (κ3) is 3.03. The molecule has 1 aliphatic rings. The molecule has 18 heavy (non-hydrogen) atoms. The van der Waals surface area contributed by atoms with Gasteiger partial charge in [-0.1, -0.05) is 6.07 Å². The Hall–Kier alpha value is -1.51. The highest BCUT2D eigenvalue weighted by atomic mass is 16.6. The Balaban J connectivity index is 2.20. The van der Waals surface area contributed by atoms with Gasteiger partial charge in [-0.25, -0.2) is 4.79 Å². The fourth-order valence-electron chi connectivity index (χ4n) is 2.10. The van der Waals surface area contributed by atoms with Crippen molar-refractivity contribution in [3.8, 4) is 0 Å². The molecule has 0 saturated heterocycles. The molecule has 0 spiro atoms. The standard InChI is InChI=1S/C15H21NO2/c1-10-5-6-11-7-8-12(9-13(11)16-10)14(17)18-15(2,3)4/h7-10,16H,5-6H2,1-4H3. The summed E-state index contributed by atoms with van der Waals surface area (Å²) < 4.78 is 5.37. The van der Waals surface area contributed by atoms with Gasteiger partial charge < -0.3 is 10.1 Å². The maximum atomic E-state index is 12.0. The average molecular weight is 247 g/mol. The highest BCUT2D eigenvalue weighted by Crippen LogP contribution is 2.26. The summed E-state index contributed by atoms with van der Waals surface area (Å²) >= 11 is 0. The SMILES string of the molecule is CC1CCc2ccc(C(=O)OC(C)(C)C)cc2N1. The molecule has 1 atom stereocenters. The topological polar surface area (TPSA) is 38.3 Å². The molecule has 1 aromatic rings. The minimum absolute atomic E-state index is 0.259. The molecule has 1 aliphatic heterocycles. The van der Waals surface area contributed by atoms with Crippen molar-refractivity contribution in [2.75, 3.05) is 5.32 Å². The average Bonchev–Trinajstić information content (AvgIpc) is 2.25. The van der Waals surface area contributed by atoms with Crippen LogP contribution in [0.4, 0.5) is 5.69 Å². The van der Waals surface area contributed by atoms with Crippen LogP contribution in [0.2, 0.25) is 0 Å². The normalized spacial score (nSPS) is 18.8. The molecule has 1 aromatic carbocycles. The van der Waals surface area contributed by atoms with Crippen LogP contribution in [0, 0.1) is 0 Å². The van der Waals surface area contributed by atoms with Crippen molar-refractivity contribution in [3.05, 3.63) is 29.3 Å². The van der Waals surface area contributed by atoms with E-state index >= 15 is 0 Å². The second-order valence-corrected chi connectivity index (χ2v) is 5.96. The molecule has 1 unspecified atom stereocenters. The fraction of sp³-hybridized carbons (Fsp3) is 0.533. The lowest BCUT2D eigenvalue weighted by molar-refractivity contribution is 0.00696. The molecule has 0 amide bonds. The molecule has 98 valence electrons. The van der Waals surface area contributed by atoms with E-state index in [2.05, 4.69) is 12.2 Å². The van der Waals surface area contributed by atoms with E-state index in [1.807, 2.05) is 39.0 Å². The number of benzene rings is 1. The minimum atomic E-state index is -0.451. The summed E-state index contributed by atoms with van der Waals surface area (Å²) in [6, 6.07) is 6.24. The van der Waals surface area contributed by atoms with Gasteiger partial charge in [0.25, 0.3) is 0 Å². The zero-order valence-electron chi connectivity index (χ0n) is 11.5. The Bertz CT molecular complexity index is 460. The molecule has 0 saturated carbocycles. The van der Waals surface area contributed by atoms with Crippen molar-refractivity contribution in [2.45, 2.75) is 52.2 Å². The molecule has 0 aliphatic carbocycles. The van der Waals surface area contributed by atoms with Crippen LogP contribution in [0.25, 0.3) is 0 Å². The predicted octanol–water partition coefficient (Wildman–Crippen LogP) is 3.39. The van der Waals surface area contributed by atoms with Gasteiger partial charge in [-0.2, -0.15) is 0 Å². The van der Waals surface area contributed by atoms with Gasteiger partial charge in [-0.3, -0.25) is 0 Å². The lowest BCUT2D eigenvalue weighted by atomic mass is 9.97. The molecule has 0 fully saturated rings. The number of carbonyl (C=O) groups is 1. The van der Waals surface area contributed by atoms with Crippen molar-refractivity contribution in [1.82, 2.24) is 0 Å². The Morgan fingerprint density at radius 1 is 1.39 bits per heavy atom. The van der Waals surface area contributed by atoms with Crippen LogP contribution in [-0.4, -0.2) is 17.6 Å². The minimum Gasteiger partial charge on any atom is -0.456 e. The second kappa shape index (κ2) is 4.63. The highest BCUT2D eigenvalue weighted by Gasteiger charge is 2.20. The summed E-state index contributed by atoms with van der Waals surface area (Å²) in [5.74, 6) is -0.259. The Labute approximate surface area is 109 Å². The van der Waals surface area contributed by atoms with E-state index in [-0.39, 0.29) is 5.97 Å². The zero-order valence-corrected chi connectivity index (χ0v) is 11.5. The van der Waals surface area contributed by atoms with Gasteiger partial charge in [-0.15, -0.1) is 0 Å². The lowest BCUT2D eigenvalue weighted by Crippen LogP contribution is -2.25. The number of esters is 1. The molecule has 2 rings (SSSR count). The van der Waals surface area contributed by atoms with Crippen LogP contribution in [0.1, 0.15) is 50.0 Å².